The van der Waals surface area contributed by atoms with Crippen molar-refractivity contribution in [3.8, 4) is 0 Å². The van der Waals surface area contributed by atoms with Crippen LogP contribution in [0.3, 0.4) is 0 Å². The third-order valence-electron chi connectivity index (χ3n) is 5.24. The van der Waals surface area contributed by atoms with Gasteiger partial charge in [-0.2, -0.15) is 0 Å². The molecule has 144 valence electrons. The maximum absolute atomic E-state index is 13.2. The van der Waals surface area contributed by atoms with Gasteiger partial charge in [0.05, 0.1) is 10.6 Å². The van der Waals surface area contributed by atoms with Gasteiger partial charge in [-0.1, -0.05) is 60.5 Å². The van der Waals surface area contributed by atoms with Crippen molar-refractivity contribution in [3.05, 3.63) is 74.9 Å². The lowest BCUT2D eigenvalue weighted by atomic mass is 9.98. The number of hydrogen-bond acceptors (Lipinski definition) is 3. The Morgan fingerprint density at radius 3 is 2.46 bits per heavy atom. The van der Waals surface area contributed by atoms with Gasteiger partial charge in [-0.3, -0.25) is 14.5 Å². The Balaban J connectivity index is 1.83. The number of carbonyl (C=O) groups excluding carboxylic acids is 2. The molecular weight excluding hydrogens is 395 g/mol. The molecule has 2 aromatic carbocycles. The number of halogens is 2. The summed E-state index contributed by atoms with van der Waals surface area (Å²) in [5.41, 5.74) is 3.83. The third kappa shape index (κ3) is 3.21. The summed E-state index contributed by atoms with van der Waals surface area (Å²) in [5, 5.41) is 0.863. The molecule has 0 bridgehead atoms. The van der Waals surface area contributed by atoms with Crippen LogP contribution in [-0.2, 0) is 22.6 Å². The molecule has 0 saturated heterocycles. The minimum atomic E-state index is -0.287. The summed E-state index contributed by atoms with van der Waals surface area (Å²) in [4.78, 5) is 29.7. The summed E-state index contributed by atoms with van der Waals surface area (Å²) in [6, 6.07) is 13.2. The minimum Gasteiger partial charge on any atom is -0.362 e. The summed E-state index contributed by atoms with van der Waals surface area (Å²) in [7, 11) is 0. The first-order valence-corrected chi connectivity index (χ1v) is 10.1. The molecule has 4 rings (SSSR count). The first-order chi connectivity index (χ1) is 13.5. The summed E-state index contributed by atoms with van der Waals surface area (Å²) in [5.74, 6) is -0.530. The van der Waals surface area contributed by atoms with E-state index in [0.717, 1.165) is 6.42 Å². The first-order valence-electron chi connectivity index (χ1n) is 9.39. The standard InChI is InChI=1S/C22H20Cl2N2O2/c1-2-10-26-21(27)19(17-8-7-16(23)12-18(17)24)20(22(26)28)25-11-9-14-5-3-4-6-15(14)13-25/h3-8,12H,2,9-11,13H2,1H3. The van der Waals surface area contributed by atoms with Crippen LogP contribution in [0.25, 0.3) is 5.57 Å². The van der Waals surface area contributed by atoms with Crippen molar-refractivity contribution >= 4 is 40.6 Å². The maximum Gasteiger partial charge on any atom is 0.277 e. The lowest BCUT2D eigenvalue weighted by molar-refractivity contribution is -0.137. The van der Waals surface area contributed by atoms with E-state index in [-0.39, 0.29) is 11.8 Å². The van der Waals surface area contributed by atoms with Crippen molar-refractivity contribution < 1.29 is 9.59 Å². The highest BCUT2D eigenvalue weighted by Gasteiger charge is 2.42. The minimum absolute atomic E-state index is 0.243. The Hall–Kier alpha value is -2.30. The van der Waals surface area contributed by atoms with Gasteiger partial charge < -0.3 is 4.90 Å². The quantitative estimate of drug-likeness (QED) is 0.689. The number of fused-ring (bicyclic) bond motifs is 1. The van der Waals surface area contributed by atoms with Crippen LogP contribution < -0.4 is 0 Å². The van der Waals surface area contributed by atoms with E-state index in [1.165, 1.54) is 16.0 Å². The zero-order valence-corrected chi connectivity index (χ0v) is 17.1. The van der Waals surface area contributed by atoms with Gasteiger partial charge >= 0.3 is 0 Å². The van der Waals surface area contributed by atoms with E-state index in [4.69, 9.17) is 23.2 Å². The molecule has 2 aliphatic heterocycles. The molecule has 0 aromatic heterocycles. The zero-order valence-electron chi connectivity index (χ0n) is 15.5. The lowest BCUT2D eigenvalue weighted by Gasteiger charge is -2.31. The number of benzene rings is 2. The van der Waals surface area contributed by atoms with Gasteiger partial charge in [-0.25, -0.2) is 0 Å². The van der Waals surface area contributed by atoms with Gasteiger partial charge in [0.25, 0.3) is 11.8 Å². The van der Waals surface area contributed by atoms with E-state index >= 15 is 0 Å². The van der Waals surface area contributed by atoms with E-state index in [9.17, 15) is 9.59 Å². The van der Waals surface area contributed by atoms with Gasteiger partial charge in [0, 0.05) is 30.2 Å². The highest BCUT2D eigenvalue weighted by atomic mass is 35.5. The molecule has 2 heterocycles. The molecule has 2 aromatic rings. The summed E-state index contributed by atoms with van der Waals surface area (Å²) in [6.45, 7) is 3.62. The number of rotatable bonds is 4. The first kappa shape index (κ1) is 19.0. The molecule has 0 aliphatic carbocycles. The van der Waals surface area contributed by atoms with Gasteiger partial charge in [0.2, 0.25) is 0 Å². The summed E-state index contributed by atoms with van der Waals surface area (Å²) < 4.78 is 0. The molecule has 0 radical (unpaired) electrons. The fraction of sp³-hybridized carbons (Fsp3) is 0.273. The molecular formula is C22H20Cl2N2O2. The smallest absolute Gasteiger partial charge is 0.277 e. The predicted molar refractivity (Wildman–Crippen MR) is 111 cm³/mol. The molecule has 0 unspecified atom stereocenters. The number of nitrogens with zero attached hydrogens (tertiary/aromatic N) is 2. The fourth-order valence-electron chi connectivity index (χ4n) is 3.90. The average Bonchev–Trinajstić information content (AvgIpc) is 2.93. The van der Waals surface area contributed by atoms with Crippen molar-refractivity contribution in [2.75, 3.05) is 13.1 Å². The van der Waals surface area contributed by atoms with Crippen LogP contribution >= 0.6 is 23.2 Å². The number of hydrogen-bond donors (Lipinski definition) is 0. The molecule has 0 saturated carbocycles. The Morgan fingerprint density at radius 1 is 1.00 bits per heavy atom. The second-order valence-corrected chi connectivity index (χ2v) is 7.89. The topological polar surface area (TPSA) is 40.6 Å². The van der Waals surface area contributed by atoms with Gasteiger partial charge in [0.15, 0.2) is 0 Å². The molecule has 28 heavy (non-hydrogen) atoms. The highest BCUT2D eigenvalue weighted by molar-refractivity contribution is 6.41. The molecule has 2 amide bonds. The van der Waals surface area contributed by atoms with Crippen LogP contribution in [0.1, 0.15) is 30.0 Å². The number of imide groups is 1. The maximum atomic E-state index is 13.2. The molecule has 4 nitrogen and oxygen atoms in total. The molecule has 2 aliphatic rings. The van der Waals surface area contributed by atoms with Gasteiger partial charge in [0.1, 0.15) is 5.70 Å². The van der Waals surface area contributed by atoms with E-state index in [2.05, 4.69) is 12.1 Å². The SMILES string of the molecule is CCCN1C(=O)C(c2ccc(Cl)cc2Cl)=C(N2CCc3ccccc3C2)C1=O. The normalized spacial score (nSPS) is 16.8. The van der Waals surface area contributed by atoms with Crippen molar-refractivity contribution in [2.24, 2.45) is 0 Å². The van der Waals surface area contributed by atoms with Crippen LogP contribution in [0.2, 0.25) is 10.0 Å². The number of carbonyl (C=O) groups is 2. The largest absolute Gasteiger partial charge is 0.362 e. The van der Waals surface area contributed by atoms with Crippen LogP contribution in [0, 0.1) is 0 Å². The zero-order chi connectivity index (χ0) is 19.8. The highest BCUT2D eigenvalue weighted by Crippen LogP contribution is 2.37. The fourth-order valence-corrected chi connectivity index (χ4v) is 4.41. The molecule has 0 spiro atoms. The Bertz CT molecular complexity index is 1000. The monoisotopic (exact) mass is 414 g/mol. The Kier molecular flexibility index (Phi) is 5.17. The second-order valence-electron chi connectivity index (χ2n) is 7.05. The molecule has 0 atom stereocenters. The van der Waals surface area contributed by atoms with Crippen LogP contribution in [0.5, 0.6) is 0 Å². The van der Waals surface area contributed by atoms with Crippen LogP contribution in [-0.4, -0.2) is 34.7 Å². The van der Waals surface area contributed by atoms with Gasteiger partial charge in [-0.15, -0.1) is 0 Å². The third-order valence-corrected chi connectivity index (χ3v) is 5.79. The van der Waals surface area contributed by atoms with Gasteiger partial charge in [-0.05, 0) is 36.1 Å². The van der Waals surface area contributed by atoms with Crippen LogP contribution in [0.15, 0.2) is 48.2 Å². The average molecular weight is 415 g/mol. The Labute approximate surface area is 174 Å². The van der Waals surface area contributed by atoms with Crippen molar-refractivity contribution in [3.63, 3.8) is 0 Å². The van der Waals surface area contributed by atoms with E-state index < -0.39 is 0 Å². The van der Waals surface area contributed by atoms with Crippen LogP contribution in [0.4, 0.5) is 0 Å². The van der Waals surface area contributed by atoms with Crippen molar-refractivity contribution in [1.82, 2.24) is 9.80 Å². The lowest BCUT2D eigenvalue weighted by Crippen LogP contribution is -2.37. The van der Waals surface area contributed by atoms with E-state index in [0.29, 0.717) is 52.9 Å². The van der Waals surface area contributed by atoms with E-state index in [1.807, 2.05) is 24.0 Å². The van der Waals surface area contributed by atoms with Crippen molar-refractivity contribution in [1.29, 1.82) is 0 Å². The van der Waals surface area contributed by atoms with E-state index in [1.54, 1.807) is 18.2 Å². The van der Waals surface area contributed by atoms with Crippen molar-refractivity contribution in [2.45, 2.75) is 26.3 Å². The molecule has 6 heteroatoms. The number of amides is 2. The summed E-state index contributed by atoms with van der Waals surface area (Å²) in [6.07, 6.45) is 1.53. The summed E-state index contributed by atoms with van der Waals surface area (Å²) >= 11 is 12.4. The predicted octanol–water partition coefficient (Wildman–Crippen LogP) is 4.54. The molecule has 0 N–H and O–H groups in total. The molecule has 0 fully saturated rings. The Morgan fingerprint density at radius 2 is 1.75 bits per heavy atom. The second kappa shape index (κ2) is 7.61.